The second kappa shape index (κ2) is 6.23. The van der Waals surface area contributed by atoms with Crippen molar-refractivity contribution < 1.29 is 9.18 Å². The molecule has 3 nitrogen and oxygen atoms in total. The van der Waals surface area contributed by atoms with Gasteiger partial charge < -0.3 is 9.88 Å². The standard InChI is InChI=1S/C20H19FN2OS/c1-3-23(4-2)20(24)19-17-13-7-5-6-8-15(13)22-18(17)14-11-12(21)9-10-16(14)25-19/h5-11,19,22H,3-4H2,1-2H3. The van der Waals surface area contributed by atoms with Crippen molar-refractivity contribution in [1.82, 2.24) is 9.88 Å². The van der Waals surface area contributed by atoms with Gasteiger partial charge in [-0.3, -0.25) is 4.79 Å². The molecular weight excluding hydrogens is 335 g/mol. The molecule has 4 rings (SSSR count). The molecule has 1 aliphatic heterocycles. The molecule has 2 heterocycles. The Morgan fingerprint density at radius 3 is 2.72 bits per heavy atom. The third kappa shape index (κ3) is 2.54. The van der Waals surface area contributed by atoms with Crippen molar-refractivity contribution in [2.75, 3.05) is 13.1 Å². The van der Waals surface area contributed by atoms with E-state index in [2.05, 4.69) is 4.98 Å². The summed E-state index contributed by atoms with van der Waals surface area (Å²) >= 11 is 1.52. The molecule has 1 atom stereocenters. The fourth-order valence-electron chi connectivity index (χ4n) is 3.51. The molecule has 1 unspecified atom stereocenters. The summed E-state index contributed by atoms with van der Waals surface area (Å²) in [5.74, 6) is -0.159. The Kier molecular flexibility index (Phi) is 4.04. The number of halogens is 1. The Morgan fingerprint density at radius 2 is 1.96 bits per heavy atom. The van der Waals surface area contributed by atoms with Crippen LogP contribution < -0.4 is 0 Å². The number of nitrogens with zero attached hydrogens (tertiary/aromatic N) is 1. The largest absolute Gasteiger partial charge is 0.354 e. The lowest BCUT2D eigenvalue weighted by Gasteiger charge is -2.29. The van der Waals surface area contributed by atoms with Gasteiger partial charge in [0.05, 0.1) is 5.69 Å². The van der Waals surface area contributed by atoms with E-state index in [1.807, 2.05) is 43.0 Å². The van der Waals surface area contributed by atoms with Gasteiger partial charge in [0.15, 0.2) is 0 Å². The Hall–Kier alpha value is -2.27. The molecule has 0 aliphatic carbocycles. The molecule has 2 aromatic carbocycles. The van der Waals surface area contributed by atoms with Crippen LogP contribution in [0.4, 0.5) is 4.39 Å². The number of rotatable bonds is 3. The molecule has 1 aromatic heterocycles. The first-order chi connectivity index (χ1) is 12.1. The number of amides is 1. The van der Waals surface area contributed by atoms with E-state index in [0.717, 1.165) is 32.6 Å². The summed E-state index contributed by atoms with van der Waals surface area (Å²) in [6.45, 7) is 5.35. The quantitative estimate of drug-likeness (QED) is 0.719. The smallest absolute Gasteiger partial charge is 0.240 e. The first-order valence-electron chi connectivity index (χ1n) is 8.50. The molecule has 1 aliphatic rings. The number of aromatic amines is 1. The molecule has 0 spiro atoms. The fourth-order valence-corrected chi connectivity index (χ4v) is 4.81. The minimum Gasteiger partial charge on any atom is -0.354 e. The van der Waals surface area contributed by atoms with Crippen LogP contribution in [0.3, 0.4) is 0 Å². The number of hydrogen-bond donors (Lipinski definition) is 1. The van der Waals surface area contributed by atoms with Crippen molar-refractivity contribution in [3.63, 3.8) is 0 Å². The minimum absolute atomic E-state index is 0.107. The van der Waals surface area contributed by atoms with Crippen LogP contribution in [0, 0.1) is 5.82 Å². The SMILES string of the molecule is CCN(CC)C(=O)C1Sc2ccc(F)cc2-c2[nH]c3ccccc3c21. The van der Waals surface area contributed by atoms with Crippen LogP contribution >= 0.6 is 11.8 Å². The van der Waals surface area contributed by atoms with Gasteiger partial charge in [0, 0.05) is 40.0 Å². The van der Waals surface area contributed by atoms with Crippen LogP contribution in [0.5, 0.6) is 0 Å². The number of H-pyrrole nitrogens is 1. The number of aromatic nitrogens is 1. The van der Waals surface area contributed by atoms with Crippen LogP contribution in [-0.4, -0.2) is 28.9 Å². The van der Waals surface area contributed by atoms with Crippen LogP contribution in [0.15, 0.2) is 47.4 Å². The summed E-state index contributed by atoms with van der Waals surface area (Å²) in [6.07, 6.45) is 0. The van der Waals surface area contributed by atoms with Crippen LogP contribution in [-0.2, 0) is 4.79 Å². The van der Waals surface area contributed by atoms with Gasteiger partial charge in [-0.05, 0) is 38.1 Å². The lowest BCUT2D eigenvalue weighted by atomic mass is 10.0. The van der Waals surface area contributed by atoms with Crippen molar-refractivity contribution in [2.24, 2.45) is 0 Å². The number of benzene rings is 2. The van der Waals surface area contributed by atoms with E-state index in [1.54, 1.807) is 12.1 Å². The first kappa shape index (κ1) is 16.2. The maximum atomic E-state index is 13.8. The highest BCUT2D eigenvalue weighted by molar-refractivity contribution is 8.00. The summed E-state index contributed by atoms with van der Waals surface area (Å²) < 4.78 is 13.8. The predicted molar refractivity (Wildman–Crippen MR) is 100 cm³/mol. The maximum Gasteiger partial charge on any atom is 0.240 e. The molecule has 1 amide bonds. The molecule has 3 aromatic rings. The molecule has 0 saturated carbocycles. The van der Waals surface area contributed by atoms with Gasteiger partial charge in [0.25, 0.3) is 0 Å². The summed E-state index contributed by atoms with van der Waals surface area (Å²) in [7, 11) is 0. The summed E-state index contributed by atoms with van der Waals surface area (Å²) in [6, 6.07) is 12.7. The van der Waals surface area contributed by atoms with Gasteiger partial charge in [-0.15, -0.1) is 11.8 Å². The molecule has 0 fully saturated rings. The lowest BCUT2D eigenvalue weighted by Crippen LogP contribution is -2.34. The first-order valence-corrected chi connectivity index (χ1v) is 9.38. The molecule has 5 heteroatoms. The van der Waals surface area contributed by atoms with Gasteiger partial charge >= 0.3 is 0 Å². The fraction of sp³-hybridized carbons (Fsp3) is 0.250. The number of thioether (sulfide) groups is 1. The molecule has 0 saturated heterocycles. The van der Waals surface area contributed by atoms with E-state index in [-0.39, 0.29) is 17.0 Å². The van der Waals surface area contributed by atoms with E-state index in [0.29, 0.717) is 13.1 Å². The number of carbonyl (C=O) groups excluding carboxylic acids is 1. The summed E-state index contributed by atoms with van der Waals surface area (Å²) in [5, 5.41) is 0.717. The van der Waals surface area contributed by atoms with Crippen molar-refractivity contribution in [3.8, 4) is 11.3 Å². The monoisotopic (exact) mass is 354 g/mol. The molecule has 0 bridgehead atoms. The molecule has 0 radical (unpaired) electrons. The second-order valence-electron chi connectivity index (χ2n) is 6.11. The van der Waals surface area contributed by atoms with Crippen molar-refractivity contribution in [1.29, 1.82) is 0 Å². The number of para-hydroxylation sites is 1. The third-order valence-corrected chi connectivity index (χ3v) is 6.05. The van der Waals surface area contributed by atoms with Crippen LogP contribution in [0.25, 0.3) is 22.2 Å². The highest BCUT2D eigenvalue weighted by atomic mass is 32.2. The van der Waals surface area contributed by atoms with Crippen molar-refractivity contribution in [2.45, 2.75) is 24.0 Å². The van der Waals surface area contributed by atoms with E-state index >= 15 is 0 Å². The van der Waals surface area contributed by atoms with Crippen LogP contribution in [0.2, 0.25) is 0 Å². The minimum atomic E-state index is -0.316. The topological polar surface area (TPSA) is 36.1 Å². The van der Waals surface area contributed by atoms with Gasteiger partial charge in [-0.2, -0.15) is 0 Å². The summed E-state index contributed by atoms with van der Waals surface area (Å²) in [5.41, 5.74) is 3.64. The lowest BCUT2D eigenvalue weighted by molar-refractivity contribution is -0.130. The summed E-state index contributed by atoms with van der Waals surface area (Å²) in [4.78, 5) is 19.4. The van der Waals surface area contributed by atoms with E-state index in [9.17, 15) is 9.18 Å². The normalized spacial score (nSPS) is 15.7. The van der Waals surface area contributed by atoms with Gasteiger partial charge in [0.1, 0.15) is 11.1 Å². The molecule has 25 heavy (non-hydrogen) atoms. The molecule has 128 valence electrons. The van der Waals surface area contributed by atoms with Gasteiger partial charge in [0.2, 0.25) is 5.91 Å². The number of hydrogen-bond acceptors (Lipinski definition) is 2. The zero-order valence-electron chi connectivity index (χ0n) is 14.2. The predicted octanol–water partition coefficient (Wildman–Crippen LogP) is 4.99. The van der Waals surface area contributed by atoms with Gasteiger partial charge in [-0.1, -0.05) is 18.2 Å². The number of nitrogens with one attached hydrogen (secondary N) is 1. The van der Waals surface area contributed by atoms with Gasteiger partial charge in [-0.25, -0.2) is 4.39 Å². The Labute approximate surface area is 150 Å². The molecule has 1 N–H and O–H groups in total. The number of carbonyl (C=O) groups is 1. The van der Waals surface area contributed by atoms with E-state index in [1.165, 1.54) is 17.8 Å². The van der Waals surface area contributed by atoms with E-state index < -0.39 is 0 Å². The Morgan fingerprint density at radius 1 is 1.20 bits per heavy atom. The maximum absolute atomic E-state index is 13.8. The van der Waals surface area contributed by atoms with Crippen LogP contribution in [0.1, 0.15) is 24.7 Å². The third-order valence-electron chi connectivity index (χ3n) is 4.76. The number of fused-ring (bicyclic) bond motifs is 5. The average molecular weight is 354 g/mol. The highest BCUT2D eigenvalue weighted by Gasteiger charge is 2.35. The zero-order valence-corrected chi connectivity index (χ0v) is 15.0. The Balaban J connectivity index is 1.96. The number of likely N-dealkylation sites (N-methyl/N-ethyl adjacent to an activating group) is 1. The second-order valence-corrected chi connectivity index (χ2v) is 7.26. The Bertz CT molecular complexity index is 961. The van der Waals surface area contributed by atoms with Crippen molar-refractivity contribution in [3.05, 3.63) is 53.8 Å². The highest BCUT2D eigenvalue weighted by Crippen LogP contribution is 2.52. The van der Waals surface area contributed by atoms with Crippen molar-refractivity contribution >= 4 is 28.6 Å². The molecular formula is C20H19FN2OS. The zero-order chi connectivity index (χ0) is 17.6. The average Bonchev–Trinajstić information content (AvgIpc) is 3.02. The van der Waals surface area contributed by atoms with E-state index in [4.69, 9.17) is 0 Å².